The number of esters is 1. The number of nitrogens with two attached hydrogens (primary N) is 1. The third kappa shape index (κ3) is 3.20. The molecule has 0 aromatic rings. The maximum atomic E-state index is 11.1. The van der Waals surface area contributed by atoms with Gasteiger partial charge in [-0.05, 0) is 19.3 Å². The Morgan fingerprint density at radius 3 is 2.33 bits per heavy atom. The minimum absolute atomic E-state index is 0.176. The molecule has 0 spiro atoms. The van der Waals surface area contributed by atoms with Crippen LogP contribution in [0.4, 0.5) is 0 Å². The second kappa shape index (κ2) is 5.70. The van der Waals surface area contributed by atoms with Gasteiger partial charge in [0, 0.05) is 0 Å². The molecule has 0 aromatic heterocycles. The molecule has 0 aromatic carbocycles. The molecule has 15 heavy (non-hydrogen) atoms. The maximum absolute atomic E-state index is 11.1. The molecule has 1 aliphatic carbocycles. The summed E-state index contributed by atoms with van der Waals surface area (Å²) in [5, 5.41) is 8.77. The van der Waals surface area contributed by atoms with Gasteiger partial charge in [0.1, 0.15) is 5.54 Å². The number of rotatable bonds is 2. The van der Waals surface area contributed by atoms with Crippen LogP contribution in [0.2, 0.25) is 0 Å². The number of methoxy groups -OCH3 is 1. The molecule has 0 aliphatic heterocycles. The van der Waals surface area contributed by atoms with E-state index >= 15 is 0 Å². The van der Waals surface area contributed by atoms with Crippen molar-refractivity contribution in [3.8, 4) is 0 Å². The number of aliphatic carboxylic acids is 1. The molecule has 0 heterocycles. The van der Waals surface area contributed by atoms with Crippen molar-refractivity contribution in [3.63, 3.8) is 0 Å². The molecule has 5 heteroatoms. The second-order valence-electron chi connectivity index (χ2n) is 3.42. The highest BCUT2D eigenvalue weighted by atomic mass is 16.5. The van der Waals surface area contributed by atoms with E-state index < -0.39 is 11.5 Å². The number of carbonyl (C=O) groups excluding carboxylic acids is 1. The maximum Gasteiger partial charge on any atom is 0.323 e. The predicted octanol–water partition coefficient (Wildman–Crippen LogP) is 0.768. The third-order valence-corrected chi connectivity index (χ3v) is 2.51. The zero-order valence-electron chi connectivity index (χ0n) is 9.45. The van der Waals surface area contributed by atoms with Crippen molar-refractivity contribution < 1.29 is 19.4 Å². The molecule has 2 atom stereocenters. The summed E-state index contributed by atoms with van der Waals surface area (Å²) in [7, 11) is 1.29. The summed E-state index contributed by atoms with van der Waals surface area (Å²) in [4.78, 5) is 21.8. The summed E-state index contributed by atoms with van der Waals surface area (Å²) >= 11 is 0. The van der Waals surface area contributed by atoms with Gasteiger partial charge in [-0.25, -0.2) is 0 Å². The van der Waals surface area contributed by atoms with Gasteiger partial charge in [0.15, 0.2) is 0 Å². The first-order valence-electron chi connectivity index (χ1n) is 5.10. The van der Waals surface area contributed by atoms with Gasteiger partial charge in [0.25, 0.3) is 0 Å². The number of hydrogen-bond donors (Lipinski definition) is 2. The van der Waals surface area contributed by atoms with Crippen LogP contribution >= 0.6 is 0 Å². The van der Waals surface area contributed by atoms with Gasteiger partial charge in [-0.2, -0.15) is 0 Å². The van der Waals surface area contributed by atoms with Crippen LogP contribution in [0.1, 0.15) is 33.1 Å². The van der Waals surface area contributed by atoms with Crippen LogP contribution in [0.5, 0.6) is 0 Å². The fraction of sp³-hybridized carbons (Fsp3) is 0.800. The molecule has 1 saturated carbocycles. The Kier molecular flexibility index (Phi) is 5.28. The minimum atomic E-state index is -1.24. The predicted molar refractivity (Wildman–Crippen MR) is 55.3 cm³/mol. The van der Waals surface area contributed by atoms with E-state index in [4.69, 9.17) is 10.8 Å². The largest absolute Gasteiger partial charge is 0.480 e. The van der Waals surface area contributed by atoms with E-state index in [0.717, 1.165) is 0 Å². The van der Waals surface area contributed by atoms with E-state index in [9.17, 15) is 9.59 Å². The van der Waals surface area contributed by atoms with Crippen molar-refractivity contribution in [3.05, 3.63) is 0 Å². The first kappa shape index (κ1) is 13.9. The van der Waals surface area contributed by atoms with Gasteiger partial charge in [-0.15, -0.1) is 0 Å². The van der Waals surface area contributed by atoms with Crippen molar-refractivity contribution in [1.82, 2.24) is 0 Å². The molecule has 3 N–H and O–H groups in total. The lowest BCUT2D eigenvalue weighted by atomic mass is 9.98. The zero-order chi connectivity index (χ0) is 12.1. The van der Waals surface area contributed by atoms with E-state index in [-0.39, 0.29) is 18.3 Å². The molecule has 0 bridgehead atoms. The Morgan fingerprint density at radius 1 is 1.47 bits per heavy atom. The summed E-state index contributed by atoms with van der Waals surface area (Å²) in [6, 6.07) is 0. The van der Waals surface area contributed by atoms with Gasteiger partial charge in [-0.3, -0.25) is 9.59 Å². The lowest BCUT2D eigenvalue weighted by Crippen LogP contribution is -2.45. The molecular weight excluding hydrogens is 198 g/mol. The Bertz CT molecular complexity index is 242. The van der Waals surface area contributed by atoms with Crippen molar-refractivity contribution in [2.24, 2.45) is 11.7 Å². The first-order valence-corrected chi connectivity index (χ1v) is 5.10. The van der Waals surface area contributed by atoms with Crippen LogP contribution < -0.4 is 5.73 Å². The highest BCUT2D eigenvalue weighted by molar-refractivity contribution is 5.82. The Labute approximate surface area is 89.6 Å². The quantitative estimate of drug-likeness (QED) is 0.667. The topological polar surface area (TPSA) is 89.6 Å². The number of carboxylic acid groups (broad SMARTS) is 1. The second-order valence-corrected chi connectivity index (χ2v) is 3.42. The summed E-state index contributed by atoms with van der Waals surface area (Å²) < 4.78 is 4.52. The fourth-order valence-corrected chi connectivity index (χ4v) is 1.64. The molecule has 5 nitrogen and oxygen atoms in total. The summed E-state index contributed by atoms with van der Waals surface area (Å²) in [5.41, 5.74) is 4.34. The molecule has 0 saturated heterocycles. The van der Waals surface area contributed by atoms with E-state index in [1.165, 1.54) is 7.11 Å². The Balaban J connectivity index is 0.000000921. The first-order chi connectivity index (χ1) is 6.99. The highest BCUT2D eigenvalue weighted by Crippen LogP contribution is 2.33. The standard InChI is InChI=1S/C8H13NO4.C2H6/c1-13-6(10)5-2-3-8(9,4-5)7(11)12;1-2/h5H,2-4,9H2,1H3,(H,11,12);1-2H3. The van der Waals surface area contributed by atoms with E-state index in [1.54, 1.807) is 0 Å². The van der Waals surface area contributed by atoms with Gasteiger partial charge in [0.2, 0.25) is 0 Å². The average molecular weight is 217 g/mol. The molecule has 1 aliphatic rings. The molecule has 88 valence electrons. The van der Waals surface area contributed by atoms with Crippen molar-refractivity contribution in [2.45, 2.75) is 38.6 Å². The summed E-state index contributed by atoms with van der Waals surface area (Å²) in [6.45, 7) is 4.00. The number of hydrogen-bond acceptors (Lipinski definition) is 4. The number of carboxylic acids is 1. The minimum Gasteiger partial charge on any atom is -0.480 e. The Morgan fingerprint density at radius 2 is 2.00 bits per heavy atom. The summed E-state index contributed by atoms with van der Waals surface area (Å²) in [6.07, 6.45) is 1.01. The molecule has 2 unspecified atom stereocenters. The van der Waals surface area contributed by atoms with Crippen molar-refractivity contribution in [1.29, 1.82) is 0 Å². The third-order valence-electron chi connectivity index (χ3n) is 2.51. The lowest BCUT2D eigenvalue weighted by molar-refractivity contribution is -0.146. The SMILES string of the molecule is CC.COC(=O)C1CCC(N)(C(=O)O)C1. The van der Waals surface area contributed by atoms with Gasteiger partial charge in [0.05, 0.1) is 13.0 Å². The molecule has 0 radical (unpaired) electrons. The van der Waals surface area contributed by atoms with E-state index in [0.29, 0.717) is 12.8 Å². The van der Waals surface area contributed by atoms with Crippen molar-refractivity contribution >= 4 is 11.9 Å². The van der Waals surface area contributed by atoms with Crippen molar-refractivity contribution in [2.75, 3.05) is 7.11 Å². The van der Waals surface area contributed by atoms with Gasteiger partial charge >= 0.3 is 11.9 Å². The smallest absolute Gasteiger partial charge is 0.323 e. The number of carbonyl (C=O) groups is 2. The van der Waals surface area contributed by atoms with Crippen LogP contribution in [0.3, 0.4) is 0 Å². The molecule has 1 rings (SSSR count). The van der Waals surface area contributed by atoms with Gasteiger partial charge in [-0.1, -0.05) is 13.8 Å². The fourth-order valence-electron chi connectivity index (χ4n) is 1.64. The monoisotopic (exact) mass is 217 g/mol. The van der Waals surface area contributed by atoms with Crippen LogP contribution in [-0.2, 0) is 14.3 Å². The zero-order valence-corrected chi connectivity index (χ0v) is 9.45. The molecular formula is C10H19NO4. The van der Waals surface area contributed by atoms with Crippen LogP contribution in [-0.4, -0.2) is 29.7 Å². The van der Waals surface area contributed by atoms with Crippen LogP contribution in [0.25, 0.3) is 0 Å². The summed E-state index contributed by atoms with van der Waals surface area (Å²) in [5.74, 6) is -1.77. The van der Waals surface area contributed by atoms with E-state index in [2.05, 4.69) is 4.74 Å². The van der Waals surface area contributed by atoms with Gasteiger partial charge < -0.3 is 15.6 Å². The highest BCUT2D eigenvalue weighted by Gasteiger charge is 2.44. The normalized spacial score (nSPS) is 28.9. The molecule has 1 fully saturated rings. The van der Waals surface area contributed by atoms with Crippen LogP contribution in [0.15, 0.2) is 0 Å². The number of ether oxygens (including phenoxy) is 1. The lowest BCUT2D eigenvalue weighted by Gasteiger charge is -2.17. The van der Waals surface area contributed by atoms with Crippen LogP contribution in [0, 0.1) is 5.92 Å². The molecule has 0 amide bonds. The Hall–Kier alpha value is -1.10. The average Bonchev–Trinajstić information content (AvgIpc) is 2.64. The van der Waals surface area contributed by atoms with E-state index in [1.807, 2.05) is 13.8 Å².